The second kappa shape index (κ2) is 7.67. The highest BCUT2D eigenvalue weighted by Crippen LogP contribution is 2.25. The number of halogens is 2. The third-order valence-corrected chi connectivity index (χ3v) is 5.54. The summed E-state index contributed by atoms with van der Waals surface area (Å²) in [5.41, 5.74) is -0.397. The van der Waals surface area contributed by atoms with Gasteiger partial charge in [0.15, 0.2) is 0 Å². The molecule has 1 aromatic rings. The topological polar surface area (TPSA) is 95.5 Å². The Balaban J connectivity index is 2.92. The summed E-state index contributed by atoms with van der Waals surface area (Å²) in [5, 5.41) is 11.1. The van der Waals surface area contributed by atoms with Crippen molar-refractivity contribution in [2.45, 2.75) is 51.1 Å². The molecule has 0 saturated heterocycles. The molecule has 0 aliphatic carbocycles. The third-order valence-electron chi connectivity index (χ3n) is 3.47. The van der Waals surface area contributed by atoms with E-state index < -0.39 is 39.4 Å². The molecule has 0 aromatic heterocycles. The monoisotopic (exact) mass is 380 g/mol. The molecule has 0 spiro atoms. The highest BCUT2D eigenvalue weighted by molar-refractivity contribution is 7.89. The van der Waals surface area contributed by atoms with E-state index in [9.17, 15) is 17.6 Å². The highest BCUT2D eigenvalue weighted by atomic mass is 35.5. The molecule has 9 heteroatoms. The fourth-order valence-electron chi connectivity index (χ4n) is 2.20. The Hall–Kier alpha value is -1.38. The van der Waals surface area contributed by atoms with Gasteiger partial charge >= 0.3 is 6.09 Å². The van der Waals surface area contributed by atoms with E-state index in [1.54, 1.807) is 6.92 Å². The van der Waals surface area contributed by atoms with Gasteiger partial charge in [0.1, 0.15) is 10.7 Å². The molecule has 0 aliphatic heterocycles. The smallest absolute Gasteiger partial charge is 0.404 e. The van der Waals surface area contributed by atoms with Gasteiger partial charge in [-0.3, -0.25) is 0 Å². The number of amides is 1. The van der Waals surface area contributed by atoms with Crippen molar-refractivity contribution in [3.63, 3.8) is 0 Å². The third kappa shape index (κ3) is 5.92. The second-order valence-corrected chi connectivity index (χ2v) is 8.79. The maximum atomic E-state index is 13.1. The second-order valence-electron chi connectivity index (χ2n) is 6.70. The number of carbonyl (C=O) groups is 1. The molecule has 2 atom stereocenters. The van der Waals surface area contributed by atoms with E-state index in [1.807, 2.05) is 20.8 Å². The van der Waals surface area contributed by atoms with Crippen molar-refractivity contribution in [1.82, 2.24) is 10.0 Å². The Morgan fingerprint density at radius 2 is 1.96 bits per heavy atom. The SMILES string of the molecule is CC(CC(NC(=O)O)C(C)(C)C)NS(=O)(=O)c1ccc(F)cc1Cl. The van der Waals surface area contributed by atoms with Crippen LogP contribution in [0.2, 0.25) is 5.02 Å². The van der Waals surface area contributed by atoms with Crippen LogP contribution in [0.15, 0.2) is 23.1 Å². The van der Waals surface area contributed by atoms with Gasteiger partial charge in [0.05, 0.1) is 5.02 Å². The van der Waals surface area contributed by atoms with Gasteiger partial charge in [-0.1, -0.05) is 32.4 Å². The molecule has 0 aliphatic rings. The molecule has 24 heavy (non-hydrogen) atoms. The predicted molar refractivity (Wildman–Crippen MR) is 90.2 cm³/mol. The van der Waals surface area contributed by atoms with E-state index in [-0.39, 0.29) is 16.3 Å². The molecule has 0 bridgehead atoms. The average Bonchev–Trinajstić information content (AvgIpc) is 2.34. The summed E-state index contributed by atoms with van der Waals surface area (Å²) in [4.78, 5) is 10.7. The molecule has 0 fully saturated rings. The molecule has 2 unspecified atom stereocenters. The number of sulfonamides is 1. The van der Waals surface area contributed by atoms with E-state index in [4.69, 9.17) is 16.7 Å². The van der Waals surface area contributed by atoms with Crippen LogP contribution >= 0.6 is 11.6 Å². The van der Waals surface area contributed by atoms with Crippen molar-refractivity contribution < 1.29 is 22.7 Å². The van der Waals surface area contributed by atoms with Gasteiger partial charge in [-0.05, 0) is 37.0 Å². The van der Waals surface area contributed by atoms with Crippen molar-refractivity contribution in [2.75, 3.05) is 0 Å². The normalized spacial score (nSPS) is 14.9. The van der Waals surface area contributed by atoms with E-state index >= 15 is 0 Å². The van der Waals surface area contributed by atoms with Gasteiger partial charge in [-0.25, -0.2) is 22.3 Å². The molecule has 1 rings (SSSR count). The molecule has 1 amide bonds. The fourth-order valence-corrected chi connectivity index (χ4v) is 3.99. The first-order valence-electron chi connectivity index (χ1n) is 7.30. The molecule has 136 valence electrons. The summed E-state index contributed by atoms with van der Waals surface area (Å²) in [6.45, 7) is 7.18. The number of nitrogens with one attached hydrogen (secondary N) is 2. The van der Waals surface area contributed by atoms with Gasteiger partial charge < -0.3 is 10.4 Å². The van der Waals surface area contributed by atoms with Crippen LogP contribution in [0.3, 0.4) is 0 Å². The van der Waals surface area contributed by atoms with Crippen LogP contribution in [0.1, 0.15) is 34.1 Å². The zero-order valence-electron chi connectivity index (χ0n) is 13.9. The van der Waals surface area contributed by atoms with Gasteiger partial charge in [-0.15, -0.1) is 0 Å². The number of benzene rings is 1. The lowest BCUT2D eigenvalue weighted by atomic mass is 9.83. The minimum atomic E-state index is -3.95. The van der Waals surface area contributed by atoms with E-state index in [1.165, 1.54) is 0 Å². The lowest BCUT2D eigenvalue weighted by molar-refractivity contribution is 0.170. The van der Waals surface area contributed by atoms with E-state index in [2.05, 4.69) is 10.0 Å². The van der Waals surface area contributed by atoms with Crippen LogP contribution in [0.5, 0.6) is 0 Å². The van der Waals surface area contributed by atoms with Crippen molar-refractivity contribution in [3.05, 3.63) is 29.0 Å². The number of rotatable bonds is 6. The van der Waals surface area contributed by atoms with Gasteiger partial charge in [0.2, 0.25) is 10.0 Å². The summed E-state index contributed by atoms with van der Waals surface area (Å²) >= 11 is 5.80. The Labute approximate surface area is 146 Å². The van der Waals surface area contributed by atoms with Crippen LogP contribution in [0.4, 0.5) is 9.18 Å². The Morgan fingerprint density at radius 3 is 2.42 bits per heavy atom. The van der Waals surface area contributed by atoms with E-state index in [0.29, 0.717) is 0 Å². The fraction of sp³-hybridized carbons (Fsp3) is 0.533. The predicted octanol–water partition coefficient (Wildman–Crippen LogP) is 3.22. The van der Waals surface area contributed by atoms with Crippen LogP contribution in [0.25, 0.3) is 0 Å². The standard InChI is InChI=1S/C15H22ClFN2O4S/c1-9(7-13(15(2,3)4)18-14(20)21)19-24(22,23)12-6-5-10(17)8-11(12)16/h5-6,8-9,13,18-19H,7H2,1-4H3,(H,20,21). The quantitative estimate of drug-likeness (QED) is 0.706. The van der Waals surface area contributed by atoms with Gasteiger partial charge in [-0.2, -0.15) is 0 Å². The minimum absolute atomic E-state index is 0.217. The average molecular weight is 381 g/mol. The zero-order chi connectivity index (χ0) is 18.7. The largest absolute Gasteiger partial charge is 0.465 e. The summed E-state index contributed by atoms with van der Waals surface area (Å²) in [6, 6.07) is 1.99. The van der Waals surface area contributed by atoms with Gasteiger partial charge in [0, 0.05) is 12.1 Å². The van der Waals surface area contributed by atoms with Crippen molar-refractivity contribution >= 4 is 27.7 Å². The summed E-state index contributed by atoms with van der Waals surface area (Å²) < 4.78 is 40.2. The zero-order valence-corrected chi connectivity index (χ0v) is 15.5. The molecular weight excluding hydrogens is 359 g/mol. The van der Waals surface area contributed by atoms with Crippen molar-refractivity contribution in [2.24, 2.45) is 5.41 Å². The highest BCUT2D eigenvalue weighted by Gasteiger charge is 2.29. The van der Waals surface area contributed by atoms with Crippen molar-refractivity contribution in [1.29, 1.82) is 0 Å². The molecular formula is C15H22ClFN2O4S. The lowest BCUT2D eigenvalue weighted by Gasteiger charge is -2.32. The Bertz CT molecular complexity index is 704. The molecule has 1 aromatic carbocycles. The number of carboxylic acid groups (broad SMARTS) is 1. The van der Waals surface area contributed by atoms with Gasteiger partial charge in [0.25, 0.3) is 0 Å². The van der Waals surface area contributed by atoms with Crippen LogP contribution in [-0.2, 0) is 10.0 Å². The van der Waals surface area contributed by atoms with E-state index in [0.717, 1.165) is 18.2 Å². The lowest BCUT2D eigenvalue weighted by Crippen LogP contribution is -2.47. The number of hydrogen-bond donors (Lipinski definition) is 3. The van der Waals surface area contributed by atoms with Crippen LogP contribution < -0.4 is 10.0 Å². The van der Waals surface area contributed by atoms with Crippen LogP contribution in [0, 0.1) is 11.2 Å². The maximum Gasteiger partial charge on any atom is 0.404 e. The van der Waals surface area contributed by atoms with Crippen molar-refractivity contribution in [3.8, 4) is 0 Å². The molecule has 0 radical (unpaired) electrons. The summed E-state index contributed by atoms with van der Waals surface area (Å²) in [5.74, 6) is -0.634. The first kappa shape index (κ1) is 20.7. The minimum Gasteiger partial charge on any atom is -0.465 e. The first-order valence-corrected chi connectivity index (χ1v) is 9.16. The molecule has 3 N–H and O–H groups in total. The molecule has 0 heterocycles. The first-order chi connectivity index (χ1) is 10.8. The Morgan fingerprint density at radius 1 is 1.38 bits per heavy atom. The maximum absolute atomic E-state index is 13.1. The molecule has 0 saturated carbocycles. The summed E-state index contributed by atoms with van der Waals surface area (Å²) in [6.07, 6.45) is -0.931. The van der Waals surface area contributed by atoms with Crippen LogP contribution in [-0.4, -0.2) is 31.7 Å². The summed E-state index contributed by atoms with van der Waals surface area (Å²) in [7, 11) is -3.95. The molecule has 6 nitrogen and oxygen atoms in total. The number of hydrogen-bond acceptors (Lipinski definition) is 3. The Kier molecular flexibility index (Phi) is 6.60.